The molecule has 246 valence electrons. The Morgan fingerprint density at radius 1 is 0.422 bits per heavy atom. The first-order valence-corrected chi connectivity index (χ1v) is 13.6. The molecule has 0 unspecified atom stereocenters. The van der Waals surface area contributed by atoms with E-state index in [0.29, 0.717) is 58.2 Å². The molecule has 0 fully saturated rings. The molecule has 0 bridgehead atoms. The first-order valence-electron chi connectivity index (χ1n) is 13.6. The Balaban J connectivity index is -0.000000123. The number of unbranched alkanes of at least 4 members (excludes halogenated alkanes) is 3. The minimum atomic E-state index is -1.29. The number of carbonyl (C=O) groups excluding carboxylic acids is 6. The summed E-state index contributed by atoms with van der Waals surface area (Å²) in [6.45, 7) is 0.849. The summed E-state index contributed by atoms with van der Waals surface area (Å²) < 4.78 is 0. The first-order chi connectivity index (χ1) is 19.8. The predicted octanol–water partition coefficient (Wildman–Crippen LogP) is -17.1. The Morgan fingerprint density at radius 2 is 0.622 bits per heavy atom. The van der Waals surface area contributed by atoms with Gasteiger partial charge in [-0.1, -0.05) is 0 Å². The monoisotopic (exact) mass is 723 g/mol. The molecular weight excluding hydrogens is 676 g/mol. The smallest absolute Gasteiger partial charge is 0.548 e. The maximum atomic E-state index is 10.8. The van der Waals surface area contributed by atoms with Gasteiger partial charge in [-0.3, -0.25) is 14.4 Å². The van der Waals surface area contributed by atoms with Crippen molar-refractivity contribution in [2.75, 3.05) is 39.3 Å². The van der Waals surface area contributed by atoms with Crippen LogP contribution >= 0.6 is 0 Å². The second-order valence-electron chi connectivity index (χ2n) is 8.78. The Bertz CT molecular complexity index is 705. The van der Waals surface area contributed by atoms with E-state index in [1.54, 1.807) is 0 Å². The van der Waals surface area contributed by atoms with E-state index in [1.807, 2.05) is 0 Å². The Morgan fingerprint density at radius 3 is 0.756 bits per heavy atom. The molecule has 0 radical (unpaired) electrons. The molecule has 0 aliphatic heterocycles. The largest absolute Gasteiger partial charge is 1.00 e. The summed E-state index contributed by atoms with van der Waals surface area (Å²) in [7, 11) is 0. The van der Waals surface area contributed by atoms with Crippen molar-refractivity contribution in [1.82, 2.24) is 16.0 Å². The number of carboxylic acids is 3. The fourth-order valence-corrected chi connectivity index (χ4v) is 2.98. The maximum Gasteiger partial charge on any atom is 1.00 e. The number of amides is 3. The van der Waals surface area contributed by atoms with Crippen LogP contribution in [0, 0.1) is 0 Å². The van der Waals surface area contributed by atoms with Gasteiger partial charge in [0.15, 0.2) is 0 Å². The number of carbonyl (C=O) groups is 6. The first kappa shape index (κ1) is 58.7. The summed E-state index contributed by atoms with van der Waals surface area (Å²) in [4.78, 5) is 64.1. The van der Waals surface area contributed by atoms with Gasteiger partial charge in [0.2, 0.25) is 17.7 Å². The van der Waals surface area contributed by atoms with Crippen LogP contribution in [-0.4, -0.2) is 93.0 Å². The van der Waals surface area contributed by atoms with E-state index in [1.165, 1.54) is 0 Å². The Labute approximate surface area is 392 Å². The summed E-state index contributed by atoms with van der Waals surface area (Å²) in [5, 5.41) is 38.4. The third kappa shape index (κ3) is 39.8. The summed E-state index contributed by atoms with van der Waals surface area (Å²) in [6.07, 6.45) is 5.06. The van der Waals surface area contributed by atoms with Crippen molar-refractivity contribution in [2.45, 2.75) is 75.9 Å². The molecule has 21 heteroatoms. The molecule has 0 aromatic rings. The third-order valence-corrected chi connectivity index (χ3v) is 5.26. The minimum Gasteiger partial charge on any atom is -0.548 e. The van der Waals surface area contributed by atoms with Gasteiger partial charge < -0.3 is 80.1 Å². The molecule has 0 spiro atoms. The maximum absolute atomic E-state index is 10.8. The molecule has 0 saturated carbocycles. The van der Waals surface area contributed by atoms with E-state index in [0.717, 1.165) is 19.3 Å². The van der Waals surface area contributed by atoms with Crippen LogP contribution in [0.3, 0.4) is 0 Å². The molecule has 15 N–H and O–H groups in total. The van der Waals surface area contributed by atoms with Gasteiger partial charge in [0, 0.05) is 0 Å². The molecule has 18 nitrogen and oxygen atoms in total. The van der Waals surface area contributed by atoms with Gasteiger partial charge in [-0.05, 0) is 77.4 Å². The molecule has 45 heavy (non-hydrogen) atoms. The van der Waals surface area contributed by atoms with Gasteiger partial charge in [0.25, 0.3) is 0 Å². The quantitative estimate of drug-likeness (QED) is 0.0392. The number of hydrogen-bond donors (Lipinski definition) is 9. The zero-order valence-corrected chi connectivity index (χ0v) is 36.3. The van der Waals surface area contributed by atoms with Gasteiger partial charge in [-0.15, -0.1) is 0 Å². The number of hydrogen-bond acceptors (Lipinski definition) is 15. The zero-order valence-electron chi connectivity index (χ0n) is 27.0. The average molecular weight is 724 g/mol. The van der Waals surface area contributed by atoms with Crippen molar-refractivity contribution >= 4 is 35.6 Å². The molecule has 3 amide bonds. The molecule has 3 atom stereocenters. The molecule has 0 rings (SSSR count). The minimum absolute atomic E-state index is 0. The Kier molecular flexibility index (Phi) is 54.3. The van der Waals surface area contributed by atoms with E-state index < -0.39 is 53.8 Å². The average Bonchev–Trinajstić information content (AvgIpc) is 2.95. The van der Waals surface area contributed by atoms with E-state index >= 15 is 0 Å². The number of nitrogens with one attached hydrogen (secondary N) is 3. The second kappa shape index (κ2) is 41.7. The van der Waals surface area contributed by atoms with E-state index in [2.05, 4.69) is 16.0 Å². The van der Waals surface area contributed by atoms with Crippen LogP contribution in [0.25, 0.3) is 0 Å². The van der Waals surface area contributed by atoms with Crippen LogP contribution < -0.4 is 220 Å². The van der Waals surface area contributed by atoms with Crippen molar-refractivity contribution < 1.29 is 198 Å². The molecule has 0 heterocycles. The van der Waals surface area contributed by atoms with Crippen LogP contribution in [0.4, 0.5) is 0 Å². The second-order valence-corrected chi connectivity index (χ2v) is 8.78. The number of carboxylic acid groups (broad SMARTS) is 3. The van der Waals surface area contributed by atoms with Crippen molar-refractivity contribution in [2.24, 2.45) is 34.4 Å². The Hall–Kier alpha value is 1.49. The van der Waals surface area contributed by atoms with Crippen molar-refractivity contribution in [1.29, 1.82) is 0 Å². The summed E-state index contributed by atoms with van der Waals surface area (Å²) >= 11 is 0. The topological polar surface area (TPSA) is 364 Å². The van der Waals surface area contributed by atoms with E-state index in [4.69, 9.17) is 34.4 Å². The molecule has 0 saturated heterocycles. The van der Waals surface area contributed by atoms with Gasteiger partial charge >= 0.3 is 154 Å². The molecular formula is C24H48K3N9O9. The van der Waals surface area contributed by atoms with Crippen LogP contribution in [0.15, 0.2) is 0 Å². The summed E-state index contributed by atoms with van der Waals surface area (Å²) in [5.41, 5.74) is 30.8. The predicted molar refractivity (Wildman–Crippen MR) is 147 cm³/mol. The molecule has 0 aliphatic carbocycles. The zero-order chi connectivity index (χ0) is 32.9. The van der Waals surface area contributed by atoms with Crippen LogP contribution in [0.1, 0.15) is 57.8 Å². The van der Waals surface area contributed by atoms with Gasteiger partial charge in [0.05, 0.1) is 55.7 Å². The fourth-order valence-electron chi connectivity index (χ4n) is 2.98. The van der Waals surface area contributed by atoms with Crippen molar-refractivity contribution in [3.63, 3.8) is 0 Å². The van der Waals surface area contributed by atoms with Crippen molar-refractivity contribution in [3.8, 4) is 0 Å². The van der Waals surface area contributed by atoms with E-state index in [-0.39, 0.29) is 174 Å². The van der Waals surface area contributed by atoms with Crippen LogP contribution in [0.5, 0.6) is 0 Å². The summed E-state index contributed by atoms with van der Waals surface area (Å²) in [5.74, 6) is -5.35. The number of nitrogens with two attached hydrogens (primary N) is 6. The molecule has 0 aromatic carbocycles. The third-order valence-electron chi connectivity index (χ3n) is 5.26. The SMILES string of the molecule is NCCCC[C@H](NC(=O)CN)C(=O)[O-].NCCCC[C@H](NC(=O)CN)C(=O)[O-].NCCCC[C@H](NC(=O)CN)C(=O)[O-].[K+].[K+].[K+]. The number of rotatable bonds is 21. The van der Waals surface area contributed by atoms with E-state index in [9.17, 15) is 44.1 Å². The van der Waals surface area contributed by atoms with Crippen LogP contribution in [-0.2, 0) is 28.8 Å². The van der Waals surface area contributed by atoms with Gasteiger partial charge in [0.1, 0.15) is 0 Å². The molecule has 0 aromatic heterocycles. The standard InChI is InChI=1S/3C8H17N3O3.3K/c3*9-4-2-1-3-6(8(13)14)11-7(12)5-10;;;/h3*6H,1-5,9-10H2,(H,11,12)(H,13,14);;;/q;;;3*+1/p-3/t3*6-;;;/m000.../s1. The normalized spacial score (nSPS) is 11.3. The molecule has 0 aliphatic rings. The van der Waals surface area contributed by atoms with Gasteiger partial charge in [-0.25, -0.2) is 0 Å². The van der Waals surface area contributed by atoms with Crippen molar-refractivity contribution in [3.05, 3.63) is 0 Å². The fraction of sp³-hybridized carbons (Fsp3) is 0.750. The summed E-state index contributed by atoms with van der Waals surface area (Å²) in [6, 6.07) is -2.88. The van der Waals surface area contributed by atoms with Crippen LogP contribution in [0.2, 0.25) is 0 Å². The number of aliphatic carboxylic acids is 3. The van der Waals surface area contributed by atoms with Gasteiger partial charge in [-0.2, -0.15) is 0 Å².